The third-order valence-electron chi connectivity index (χ3n) is 3.38. The standard InChI is InChI=1S/C16H32O2/c1-8-9-10-11-14(17)18-13(2)16(6,7)12-15(3,4)5/h13H,8-12H2,1-7H3. The number of carbonyl (C=O) groups is 1. The second kappa shape index (κ2) is 7.16. The summed E-state index contributed by atoms with van der Waals surface area (Å²) in [5.74, 6) is -0.0436. The molecule has 108 valence electrons. The average molecular weight is 256 g/mol. The fourth-order valence-corrected chi connectivity index (χ4v) is 2.45. The number of carbonyl (C=O) groups excluding carboxylic acids is 1. The fraction of sp³-hybridized carbons (Fsp3) is 0.938. The van der Waals surface area contributed by atoms with Crippen LogP contribution in [0.3, 0.4) is 0 Å². The Labute approximate surface area is 113 Å². The van der Waals surface area contributed by atoms with Crippen LogP contribution in [0.5, 0.6) is 0 Å². The van der Waals surface area contributed by atoms with Crippen LogP contribution in [0.1, 0.15) is 80.6 Å². The molecule has 0 amide bonds. The molecule has 0 aromatic heterocycles. The van der Waals surface area contributed by atoms with Crippen LogP contribution < -0.4 is 0 Å². The molecule has 2 heteroatoms. The molecule has 0 rings (SSSR count). The van der Waals surface area contributed by atoms with Gasteiger partial charge in [-0.25, -0.2) is 0 Å². The molecule has 0 N–H and O–H groups in total. The van der Waals surface area contributed by atoms with Crippen molar-refractivity contribution in [3.63, 3.8) is 0 Å². The van der Waals surface area contributed by atoms with Crippen molar-refractivity contribution in [1.82, 2.24) is 0 Å². The minimum Gasteiger partial charge on any atom is -0.462 e. The van der Waals surface area contributed by atoms with E-state index in [4.69, 9.17) is 4.74 Å². The molecule has 0 saturated carbocycles. The van der Waals surface area contributed by atoms with E-state index in [-0.39, 0.29) is 22.9 Å². The number of hydrogen-bond acceptors (Lipinski definition) is 2. The summed E-state index contributed by atoms with van der Waals surface area (Å²) in [6, 6.07) is 0. The Hall–Kier alpha value is -0.530. The van der Waals surface area contributed by atoms with Crippen molar-refractivity contribution >= 4 is 5.97 Å². The molecule has 0 aromatic carbocycles. The van der Waals surface area contributed by atoms with Gasteiger partial charge in [0.2, 0.25) is 0 Å². The Morgan fingerprint density at radius 2 is 1.67 bits per heavy atom. The van der Waals surface area contributed by atoms with Crippen molar-refractivity contribution in [3.8, 4) is 0 Å². The fourth-order valence-electron chi connectivity index (χ4n) is 2.45. The summed E-state index contributed by atoms with van der Waals surface area (Å²) in [5.41, 5.74) is 0.283. The molecular formula is C16H32O2. The van der Waals surface area contributed by atoms with Gasteiger partial charge in [0.25, 0.3) is 0 Å². The predicted molar refractivity (Wildman–Crippen MR) is 77.5 cm³/mol. The quantitative estimate of drug-likeness (QED) is 0.475. The van der Waals surface area contributed by atoms with E-state index >= 15 is 0 Å². The summed E-state index contributed by atoms with van der Waals surface area (Å²) in [5, 5.41) is 0. The Balaban J connectivity index is 4.21. The predicted octanol–water partition coefficient (Wildman–Crippen LogP) is 4.96. The summed E-state index contributed by atoms with van der Waals surface area (Å²) in [6.45, 7) is 15.2. The van der Waals surface area contributed by atoms with E-state index in [1.807, 2.05) is 6.92 Å². The molecule has 0 saturated heterocycles. The third kappa shape index (κ3) is 7.73. The molecular weight excluding hydrogens is 224 g/mol. The van der Waals surface area contributed by atoms with Gasteiger partial charge in [0.15, 0.2) is 0 Å². The summed E-state index contributed by atoms with van der Waals surface area (Å²) in [6.07, 6.45) is 4.77. The second-order valence-electron chi connectivity index (χ2n) is 7.32. The highest BCUT2D eigenvalue weighted by Gasteiger charge is 2.33. The monoisotopic (exact) mass is 256 g/mol. The molecule has 0 aliphatic carbocycles. The van der Waals surface area contributed by atoms with Gasteiger partial charge in [-0.2, -0.15) is 0 Å². The van der Waals surface area contributed by atoms with Crippen LogP contribution >= 0.6 is 0 Å². The van der Waals surface area contributed by atoms with Crippen LogP contribution in [0.2, 0.25) is 0 Å². The van der Waals surface area contributed by atoms with E-state index in [1.54, 1.807) is 0 Å². The summed E-state index contributed by atoms with van der Waals surface area (Å²) < 4.78 is 5.57. The van der Waals surface area contributed by atoms with Crippen LogP contribution in [-0.4, -0.2) is 12.1 Å². The highest BCUT2D eigenvalue weighted by Crippen LogP contribution is 2.37. The van der Waals surface area contributed by atoms with Crippen LogP contribution in [0, 0.1) is 10.8 Å². The average Bonchev–Trinajstić information content (AvgIpc) is 2.14. The molecule has 0 aliphatic rings. The first kappa shape index (κ1) is 17.5. The van der Waals surface area contributed by atoms with Crippen molar-refractivity contribution in [2.24, 2.45) is 10.8 Å². The number of hydrogen-bond donors (Lipinski definition) is 0. The van der Waals surface area contributed by atoms with Crippen molar-refractivity contribution in [1.29, 1.82) is 0 Å². The SMILES string of the molecule is CCCCCC(=O)OC(C)C(C)(C)CC(C)(C)C. The molecule has 1 unspecified atom stereocenters. The lowest BCUT2D eigenvalue weighted by molar-refractivity contribution is -0.155. The maximum atomic E-state index is 11.7. The Morgan fingerprint density at radius 1 is 1.11 bits per heavy atom. The van der Waals surface area contributed by atoms with Crippen LogP contribution in [0.4, 0.5) is 0 Å². The number of esters is 1. The molecule has 2 nitrogen and oxygen atoms in total. The lowest BCUT2D eigenvalue weighted by Gasteiger charge is -2.36. The van der Waals surface area contributed by atoms with E-state index in [2.05, 4.69) is 41.5 Å². The highest BCUT2D eigenvalue weighted by molar-refractivity contribution is 5.69. The highest BCUT2D eigenvalue weighted by atomic mass is 16.5. The van der Waals surface area contributed by atoms with Crippen molar-refractivity contribution in [2.75, 3.05) is 0 Å². The largest absolute Gasteiger partial charge is 0.462 e. The maximum Gasteiger partial charge on any atom is 0.306 e. The number of rotatable bonds is 7. The molecule has 18 heavy (non-hydrogen) atoms. The van der Waals surface area contributed by atoms with Gasteiger partial charge in [-0.15, -0.1) is 0 Å². The summed E-state index contributed by atoms with van der Waals surface area (Å²) in [7, 11) is 0. The van der Waals surface area contributed by atoms with Gasteiger partial charge in [-0.1, -0.05) is 54.4 Å². The Morgan fingerprint density at radius 3 is 2.11 bits per heavy atom. The lowest BCUT2D eigenvalue weighted by atomic mass is 9.73. The molecule has 0 spiro atoms. The van der Waals surface area contributed by atoms with Crippen LogP contribution in [-0.2, 0) is 9.53 Å². The molecule has 1 atom stereocenters. The van der Waals surface area contributed by atoms with Gasteiger partial charge in [-0.3, -0.25) is 4.79 Å². The van der Waals surface area contributed by atoms with Crippen molar-refractivity contribution in [3.05, 3.63) is 0 Å². The van der Waals surface area contributed by atoms with Crippen LogP contribution in [0.15, 0.2) is 0 Å². The van der Waals surface area contributed by atoms with Gasteiger partial charge >= 0.3 is 5.97 Å². The maximum absolute atomic E-state index is 11.7. The zero-order valence-corrected chi connectivity index (χ0v) is 13.4. The Bertz CT molecular complexity index is 248. The molecule has 0 aliphatic heterocycles. The molecule has 0 radical (unpaired) electrons. The molecule has 0 heterocycles. The normalized spacial score (nSPS) is 14.4. The first-order valence-electron chi connectivity index (χ1n) is 7.28. The number of unbranched alkanes of at least 4 members (excludes halogenated alkanes) is 2. The molecule has 0 bridgehead atoms. The lowest BCUT2D eigenvalue weighted by Crippen LogP contribution is -2.34. The van der Waals surface area contributed by atoms with E-state index in [0.717, 1.165) is 25.7 Å². The minimum absolute atomic E-state index is 0.0224. The van der Waals surface area contributed by atoms with Gasteiger partial charge in [0, 0.05) is 11.8 Å². The van der Waals surface area contributed by atoms with Crippen LogP contribution in [0.25, 0.3) is 0 Å². The molecule has 0 aromatic rings. The number of ether oxygens (including phenoxy) is 1. The van der Waals surface area contributed by atoms with E-state index in [9.17, 15) is 4.79 Å². The second-order valence-corrected chi connectivity index (χ2v) is 7.32. The topological polar surface area (TPSA) is 26.3 Å². The van der Waals surface area contributed by atoms with Crippen molar-refractivity contribution < 1.29 is 9.53 Å². The summed E-state index contributed by atoms with van der Waals surface area (Å²) >= 11 is 0. The van der Waals surface area contributed by atoms with Gasteiger partial charge in [0.1, 0.15) is 6.10 Å². The smallest absolute Gasteiger partial charge is 0.306 e. The first-order valence-corrected chi connectivity index (χ1v) is 7.28. The first-order chi connectivity index (χ1) is 8.08. The van der Waals surface area contributed by atoms with Gasteiger partial charge in [-0.05, 0) is 25.2 Å². The van der Waals surface area contributed by atoms with E-state index < -0.39 is 0 Å². The van der Waals surface area contributed by atoms with Gasteiger partial charge < -0.3 is 4.74 Å². The van der Waals surface area contributed by atoms with Crippen molar-refractivity contribution in [2.45, 2.75) is 86.7 Å². The van der Waals surface area contributed by atoms with Gasteiger partial charge in [0.05, 0.1) is 0 Å². The van der Waals surface area contributed by atoms with E-state index in [1.165, 1.54) is 0 Å². The Kier molecular flexibility index (Phi) is 6.94. The minimum atomic E-state index is -0.0436. The summed E-state index contributed by atoms with van der Waals surface area (Å²) in [4.78, 5) is 11.7. The zero-order valence-electron chi connectivity index (χ0n) is 13.4. The van der Waals surface area contributed by atoms with E-state index in [0.29, 0.717) is 6.42 Å². The zero-order chi connectivity index (χ0) is 14.4. The third-order valence-corrected chi connectivity index (χ3v) is 3.38. The molecule has 0 fully saturated rings.